The number of hydrogen-bond donors (Lipinski definition) is 1. The number of likely N-dealkylation sites (tertiary alicyclic amines) is 1. The van der Waals surface area contributed by atoms with Gasteiger partial charge in [0.25, 0.3) is 0 Å². The van der Waals surface area contributed by atoms with Gasteiger partial charge in [-0.2, -0.15) is 0 Å². The summed E-state index contributed by atoms with van der Waals surface area (Å²) in [6.07, 6.45) is 2.56. The van der Waals surface area contributed by atoms with Crippen molar-refractivity contribution in [1.29, 1.82) is 0 Å². The largest absolute Gasteiger partial charge is 0.380 e. The Morgan fingerprint density at radius 1 is 1.38 bits per heavy atom. The van der Waals surface area contributed by atoms with E-state index in [2.05, 4.69) is 17.3 Å². The number of piperidine rings is 1. The van der Waals surface area contributed by atoms with Crippen LogP contribution >= 0.6 is 0 Å². The van der Waals surface area contributed by atoms with E-state index in [-0.39, 0.29) is 0 Å². The molecule has 0 unspecified atom stereocenters. The van der Waals surface area contributed by atoms with Crippen LogP contribution in [0.3, 0.4) is 0 Å². The maximum absolute atomic E-state index is 5.27. The molecule has 0 aromatic carbocycles. The van der Waals surface area contributed by atoms with E-state index in [4.69, 9.17) is 4.74 Å². The third-order valence-electron chi connectivity index (χ3n) is 2.60. The molecule has 1 heterocycles. The highest BCUT2D eigenvalue weighted by atomic mass is 16.5. The van der Waals surface area contributed by atoms with Crippen LogP contribution in [0.5, 0.6) is 0 Å². The first-order valence-corrected chi connectivity index (χ1v) is 5.32. The number of nitrogens with zero attached hydrogens (tertiary/aromatic N) is 1. The lowest BCUT2D eigenvalue weighted by atomic mass is 10.1. The van der Waals surface area contributed by atoms with Crippen LogP contribution in [-0.2, 0) is 4.74 Å². The standard InChI is InChI=1S/C10H22N2O/c1-3-13-9-6-11-10-4-7-12(2)8-5-10/h10-11H,3-9H2,1-2H3. The van der Waals surface area contributed by atoms with Gasteiger partial charge in [-0.15, -0.1) is 0 Å². The second kappa shape index (κ2) is 6.35. The molecule has 0 atom stereocenters. The van der Waals surface area contributed by atoms with Crippen LogP contribution in [-0.4, -0.2) is 50.8 Å². The van der Waals surface area contributed by atoms with Gasteiger partial charge in [-0.3, -0.25) is 0 Å². The summed E-state index contributed by atoms with van der Waals surface area (Å²) in [6.45, 7) is 7.17. The van der Waals surface area contributed by atoms with Crippen molar-refractivity contribution >= 4 is 0 Å². The maximum Gasteiger partial charge on any atom is 0.0590 e. The zero-order valence-electron chi connectivity index (χ0n) is 8.88. The third-order valence-corrected chi connectivity index (χ3v) is 2.60. The summed E-state index contributed by atoms with van der Waals surface area (Å²) in [7, 11) is 2.19. The van der Waals surface area contributed by atoms with E-state index in [1.165, 1.54) is 25.9 Å². The molecule has 0 spiro atoms. The van der Waals surface area contributed by atoms with Crippen molar-refractivity contribution in [2.45, 2.75) is 25.8 Å². The molecule has 0 aromatic rings. The zero-order valence-corrected chi connectivity index (χ0v) is 8.88. The number of hydrogen-bond acceptors (Lipinski definition) is 3. The maximum atomic E-state index is 5.27. The Morgan fingerprint density at radius 2 is 2.08 bits per heavy atom. The summed E-state index contributed by atoms with van der Waals surface area (Å²) in [5, 5.41) is 3.53. The van der Waals surface area contributed by atoms with Crippen molar-refractivity contribution < 1.29 is 4.74 Å². The van der Waals surface area contributed by atoms with Gasteiger partial charge in [-0.1, -0.05) is 0 Å². The van der Waals surface area contributed by atoms with E-state index in [9.17, 15) is 0 Å². The normalized spacial score (nSPS) is 20.8. The summed E-state index contributed by atoms with van der Waals surface area (Å²) in [6, 6.07) is 0.719. The molecule has 1 N–H and O–H groups in total. The molecule has 1 rings (SSSR count). The van der Waals surface area contributed by atoms with E-state index in [0.29, 0.717) is 0 Å². The molecule has 1 fully saturated rings. The summed E-state index contributed by atoms with van der Waals surface area (Å²) in [4.78, 5) is 2.39. The van der Waals surface area contributed by atoms with Crippen molar-refractivity contribution in [3.05, 3.63) is 0 Å². The molecular formula is C10H22N2O. The highest BCUT2D eigenvalue weighted by molar-refractivity contribution is 4.74. The van der Waals surface area contributed by atoms with Crippen molar-refractivity contribution in [2.24, 2.45) is 0 Å². The van der Waals surface area contributed by atoms with Gasteiger partial charge in [-0.05, 0) is 39.9 Å². The Morgan fingerprint density at radius 3 is 2.69 bits per heavy atom. The van der Waals surface area contributed by atoms with Gasteiger partial charge in [0.1, 0.15) is 0 Å². The van der Waals surface area contributed by atoms with Gasteiger partial charge in [0, 0.05) is 19.2 Å². The van der Waals surface area contributed by atoms with Crippen molar-refractivity contribution in [1.82, 2.24) is 10.2 Å². The molecule has 1 aliphatic rings. The minimum atomic E-state index is 0.719. The van der Waals surface area contributed by atoms with Crippen LogP contribution in [0, 0.1) is 0 Å². The van der Waals surface area contributed by atoms with E-state index in [1.54, 1.807) is 0 Å². The summed E-state index contributed by atoms with van der Waals surface area (Å²) in [5.74, 6) is 0. The summed E-state index contributed by atoms with van der Waals surface area (Å²) in [5.41, 5.74) is 0. The van der Waals surface area contributed by atoms with Gasteiger partial charge in [0.15, 0.2) is 0 Å². The third kappa shape index (κ3) is 4.60. The van der Waals surface area contributed by atoms with Crippen LogP contribution in [0.2, 0.25) is 0 Å². The minimum absolute atomic E-state index is 0.719. The first-order chi connectivity index (χ1) is 6.33. The molecule has 3 heteroatoms. The molecule has 0 bridgehead atoms. The molecule has 78 valence electrons. The minimum Gasteiger partial charge on any atom is -0.380 e. The van der Waals surface area contributed by atoms with Gasteiger partial charge in [0.05, 0.1) is 6.61 Å². The molecule has 3 nitrogen and oxygen atoms in total. The zero-order chi connectivity index (χ0) is 9.52. The highest BCUT2D eigenvalue weighted by Gasteiger charge is 2.14. The Hall–Kier alpha value is -0.120. The summed E-state index contributed by atoms with van der Waals surface area (Å²) < 4.78 is 5.27. The van der Waals surface area contributed by atoms with E-state index in [0.717, 1.165) is 25.8 Å². The average molecular weight is 186 g/mol. The van der Waals surface area contributed by atoms with Gasteiger partial charge in [0.2, 0.25) is 0 Å². The molecule has 1 saturated heterocycles. The Kier molecular flexibility index (Phi) is 5.35. The molecular weight excluding hydrogens is 164 g/mol. The van der Waals surface area contributed by atoms with Crippen LogP contribution in [0.25, 0.3) is 0 Å². The fourth-order valence-electron chi connectivity index (χ4n) is 1.69. The predicted molar refractivity (Wildman–Crippen MR) is 55.0 cm³/mol. The van der Waals surface area contributed by atoms with E-state index in [1.807, 2.05) is 6.92 Å². The molecule has 1 aliphatic heterocycles. The van der Waals surface area contributed by atoms with Crippen LogP contribution in [0.15, 0.2) is 0 Å². The van der Waals surface area contributed by atoms with Crippen LogP contribution in [0.4, 0.5) is 0 Å². The van der Waals surface area contributed by atoms with Crippen molar-refractivity contribution in [3.63, 3.8) is 0 Å². The first-order valence-electron chi connectivity index (χ1n) is 5.32. The van der Waals surface area contributed by atoms with E-state index < -0.39 is 0 Å². The van der Waals surface area contributed by atoms with Crippen LogP contribution in [0.1, 0.15) is 19.8 Å². The highest BCUT2D eigenvalue weighted by Crippen LogP contribution is 2.07. The fraction of sp³-hybridized carbons (Fsp3) is 1.00. The molecule has 0 aliphatic carbocycles. The Balaban J connectivity index is 1.96. The molecule has 0 saturated carbocycles. The van der Waals surface area contributed by atoms with Crippen molar-refractivity contribution in [2.75, 3.05) is 39.9 Å². The molecule has 0 aromatic heterocycles. The topological polar surface area (TPSA) is 24.5 Å². The van der Waals surface area contributed by atoms with Gasteiger partial charge >= 0.3 is 0 Å². The second-order valence-corrected chi connectivity index (χ2v) is 3.73. The smallest absolute Gasteiger partial charge is 0.0590 e. The lowest BCUT2D eigenvalue weighted by Gasteiger charge is -2.29. The van der Waals surface area contributed by atoms with Crippen molar-refractivity contribution in [3.8, 4) is 0 Å². The SMILES string of the molecule is CCOCCNC1CCN(C)CC1. The number of ether oxygens (including phenoxy) is 1. The number of rotatable bonds is 5. The predicted octanol–water partition coefficient (Wildman–Crippen LogP) is 0.707. The quantitative estimate of drug-likeness (QED) is 0.640. The average Bonchev–Trinajstić information content (AvgIpc) is 2.15. The Labute approximate surface area is 81.4 Å². The molecule has 0 amide bonds. The van der Waals surface area contributed by atoms with Gasteiger partial charge < -0.3 is 15.0 Å². The first kappa shape index (κ1) is 11.0. The summed E-state index contributed by atoms with van der Waals surface area (Å²) >= 11 is 0. The molecule has 13 heavy (non-hydrogen) atoms. The fourth-order valence-corrected chi connectivity index (χ4v) is 1.69. The van der Waals surface area contributed by atoms with E-state index >= 15 is 0 Å². The monoisotopic (exact) mass is 186 g/mol. The van der Waals surface area contributed by atoms with Crippen LogP contribution < -0.4 is 5.32 Å². The molecule has 0 radical (unpaired) electrons. The van der Waals surface area contributed by atoms with Gasteiger partial charge in [-0.25, -0.2) is 0 Å². The lowest BCUT2D eigenvalue weighted by Crippen LogP contribution is -2.41. The Bertz CT molecular complexity index is 122. The second-order valence-electron chi connectivity index (χ2n) is 3.73. The lowest BCUT2D eigenvalue weighted by molar-refractivity contribution is 0.141. The number of nitrogens with one attached hydrogen (secondary N) is 1.